The van der Waals surface area contributed by atoms with Crippen molar-refractivity contribution in [2.24, 2.45) is 0 Å². The molecule has 0 aromatic heterocycles. The SMILES string of the molecule is CC1NCC(c2cc(F)c(F)cc2F)OC1C. The Bertz CT molecular complexity index is 424. The van der Waals surface area contributed by atoms with Gasteiger partial charge in [-0.25, -0.2) is 13.2 Å². The topological polar surface area (TPSA) is 21.3 Å². The van der Waals surface area contributed by atoms with E-state index < -0.39 is 23.6 Å². The van der Waals surface area contributed by atoms with E-state index in [1.54, 1.807) is 0 Å². The highest BCUT2D eigenvalue weighted by atomic mass is 19.2. The minimum Gasteiger partial charge on any atom is -0.368 e. The summed E-state index contributed by atoms with van der Waals surface area (Å²) in [5.41, 5.74) is 0.0511. The first-order valence-corrected chi connectivity index (χ1v) is 5.52. The fraction of sp³-hybridized carbons (Fsp3) is 0.500. The van der Waals surface area contributed by atoms with E-state index in [1.807, 2.05) is 13.8 Å². The summed E-state index contributed by atoms with van der Waals surface area (Å²) in [5.74, 6) is -3.02. The van der Waals surface area contributed by atoms with Crippen LogP contribution in [0.2, 0.25) is 0 Å². The Kier molecular flexibility index (Phi) is 3.40. The fourth-order valence-corrected chi connectivity index (χ4v) is 1.85. The number of hydrogen-bond donors (Lipinski definition) is 1. The van der Waals surface area contributed by atoms with Gasteiger partial charge in [0.1, 0.15) is 5.82 Å². The van der Waals surface area contributed by atoms with Gasteiger partial charge >= 0.3 is 0 Å². The predicted molar refractivity (Wildman–Crippen MR) is 57.1 cm³/mol. The number of hydrogen-bond acceptors (Lipinski definition) is 2. The van der Waals surface area contributed by atoms with Crippen molar-refractivity contribution in [3.63, 3.8) is 0 Å². The smallest absolute Gasteiger partial charge is 0.161 e. The minimum atomic E-state index is -1.18. The molecule has 0 saturated carbocycles. The van der Waals surface area contributed by atoms with E-state index in [0.717, 1.165) is 6.07 Å². The van der Waals surface area contributed by atoms with Crippen molar-refractivity contribution < 1.29 is 17.9 Å². The van der Waals surface area contributed by atoms with E-state index in [4.69, 9.17) is 4.74 Å². The van der Waals surface area contributed by atoms with Crippen LogP contribution < -0.4 is 5.32 Å². The summed E-state index contributed by atoms with van der Waals surface area (Å²) in [6.45, 7) is 4.18. The van der Waals surface area contributed by atoms with Crippen LogP contribution in [0.1, 0.15) is 25.5 Å². The molecular weight excluding hydrogens is 231 g/mol. The van der Waals surface area contributed by atoms with Gasteiger partial charge in [-0.15, -0.1) is 0 Å². The molecule has 1 N–H and O–H groups in total. The van der Waals surface area contributed by atoms with Gasteiger partial charge in [0, 0.05) is 24.2 Å². The summed E-state index contributed by atoms with van der Waals surface area (Å²) in [4.78, 5) is 0. The van der Waals surface area contributed by atoms with Crippen molar-refractivity contribution in [1.29, 1.82) is 0 Å². The average Bonchev–Trinajstić information content (AvgIpc) is 2.27. The summed E-state index contributed by atoms with van der Waals surface area (Å²) in [6, 6.07) is 1.57. The third-order valence-corrected chi connectivity index (χ3v) is 3.09. The minimum absolute atomic E-state index is 0.0511. The van der Waals surface area contributed by atoms with Crippen molar-refractivity contribution in [2.75, 3.05) is 6.54 Å². The van der Waals surface area contributed by atoms with Crippen molar-refractivity contribution in [3.8, 4) is 0 Å². The Balaban J connectivity index is 2.26. The molecule has 94 valence electrons. The molecule has 1 aromatic carbocycles. The standard InChI is InChI=1S/C12H14F3NO/c1-6-7(2)17-12(5-16-6)8-3-10(14)11(15)4-9(8)13/h3-4,6-7,12,16H,5H2,1-2H3. The Hall–Kier alpha value is -1.07. The number of morpholine rings is 1. The first-order chi connectivity index (χ1) is 7.99. The van der Waals surface area contributed by atoms with E-state index in [9.17, 15) is 13.2 Å². The lowest BCUT2D eigenvalue weighted by atomic mass is 10.0. The van der Waals surface area contributed by atoms with Crippen LogP contribution in [0.25, 0.3) is 0 Å². The lowest BCUT2D eigenvalue weighted by Gasteiger charge is -2.34. The maximum absolute atomic E-state index is 13.5. The van der Waals surface area contributed by atoms with Gasteiger partial charge in [-0.2, -0.15) is 0 Å². The van der Waals surface area contributed by atoms with Gasteiger partial charge in [0.25, 0.3) is 0 Å². The Morgan fingerprint density at radius 3 is 2.41 bits per heavy atom. The number of rotatable bonds is 1. The van der Waals surface area contributed by atoms with Gasteiger partial charge in [0.15, 0.2) is 11.6 Å². The molecule has 3 atom stereocenters. The first-order valence-electron chi connectivity index (χ1n) is 5.52. The highest BCUT2D eigenvalue weighted by Gasteiger charge is 2.28. The molecule has 5 heteroatoms. The van der Waals surface area contributed by atoms with E-state index in [0.29, 0.717) is 12.6 Å². The summed E-state index contributed by atoms with van der Waals surface area (Å²) in [5, 5.41) is 3.13. The maximum Gasteiger partial charge on any atom is 0.161 e. The van der Waals surface area contributed by atoms with E-state index in [1.165, 1.54) is 0 Å². The molecule has 0 amide bonds. The zero-order valence-electron chi connectivity index (χ0n) is 9.64. The van der Waals surface area contributed by atoms with Crippen LogP contribution in [0, 0.1) is 17.5 Å². The maximum atomic E-state index is 13.5. The Morgan fingerprint density at radius 2 is 1.76 bits per heavy atom. The van der Waals surface area contributed by atoms with Gasteiger partial charge < -0.3 is 10.1 Å². The molecule has 1 saturated heterocycles. The van der Waals surface area contributed by atoms with Crippen LogP contribution in [0.3, 0.4) is 0 Å². The van der Waals surface area contributed by atoms with Crippen molar-refractivity contribution >= 4 is 0 Å². The van der Waals surface area contributed by atoms with Crippen LogP contribution in [0.4, 0.5) is 13.2 Å². The number of benzene rings is 1. The molecule has 1 aromatic rings. The second-order valence-corrected chi connectivity index (χ2v) is 4.31. The molecule has 1 fully saturated rings. The molecule has 1 aliphatic heterocycles. The average molecular weight is 245 g/mol. The van der Waals surface area contributed by atoms with Crippen LogP contribution in [0.5, 0.6) is 0 Å². The molecule has 1 aliphatic rings. The largest absolute Gasteiger partial charge is 0.368 e. The number of halogens is 3. The molecule has 0 aliphatic carbocycles. The molecule has 0 bridgehead atoms. The highest BCUT2D eigenvalue weighted by molar-refractivity contribution is 5.23. The van der Waals surface area contributed by atoms with Gasteiger partial charge in [0.05, 0.1) is 12.2 Å². The second kappa shape index (κ2) is 4.66. The van der Waals surface area contributed by atoms with Crippen molar-refractivity contribution in [2.45, 2.75) is 32.1 Å². The monoisotopic (exact) mass is 245 g/mol. The van der Waals surface area contributed by atoms with E-state index in [2.05, 4.69) is 5.32 Å². The van der Waals surface area contributed by atoms with E-state index >= 15 is 0 Å². The molecule has 2 rings (SSSR count). The first kappa shape index (κ1) is 12.4. The van der Waals surface area contributed by atoms with Crippen molar-refractivity contribution in [1.82, 2.24) is 5.32 Å². The Labute approximate surface area is 97.8 Å². The summed E-state index contributed by atoms with van der Waals surface area (Å²) in [7, 11) is 0. The zero-order chi connectivity index (χ0) is 12.6. The normalized spacial score (nSPS) is 29.4. The Morgan fingerprint density at radius 1 is 1.12 bits per heavy atom. The van der Waals surface area contributed by atoms with Crippen molar-refractivity contribution in [3.05, 3.63) is 35.1 Å². The molecule has 3 unspecified atom stereocenters. The highest BCUT2D eigenvalue weighted by Crippen LogP contribution is 2.27. The quantitative estimate of drug-likeness (QED) is 0.768. The lowest BCUT2D eigenvalue weighted by Crippen LogP contribution is -2.46. The van der Waals surface area contributed by atoms with E-state index in [-0.39, 0.29) is 17.7 Å². The fourth-order valence-electron chi connectivity index (χ4n) is 1.85. The molecule has 2 nitrogen and oxygen atoms in total. The molecule has 17 heavy (non-hydrogen) atoms. The van der Waals surface area contributed by atoms with Crippen LogP contribution >= 0.6 is 0 Å². The molecule has 1 heterocycles. The van der Waals surface area contributed by atoms with Gasteiger partial charge in [-0.05, 0) is 19.9 Å². The third kappa shape index (κ3) is 2.45. The van der Waals surface area contributed by atoms with Gasteiger partial charge in [0.2, 0.25) is 0 Å². The van der Waals surface area contributed by atoms with Gasteiger partial charge in [-0.1, -0.05) is 0 Å². The van der Waals surface area contributed by atoms with Crippen LogP contribution in [0.15, 0.2) is 12.1 Å². The summed E-state index contributed by atoms with van der Waals surface area (Å²) in [6.07, 6.45) is -0.697. The number of nitrogens with one attached hydrogen (secondary N) is 1. The third-order valence-electron chi connectivity index (χ3n) is 3.09. The summed E-state index contributed by atoms with van der Waals surface area (Å²) < 4.78 is 45.0. The number of ether oxygens (including phenoxy) is 1. The zero-order valence-corrected chi connectivity index (χ0v) is 9.64. The van der Waals surface area contributed by atoms with Crippen LogP contribution in [-0.4, -0.2) is 18.7 Å². The van der Waals surface area contributed by atoms with Crippen LogP contribution in [-0.2, 0) is 4.74 Å². The molecular formula is C12H14F3NO. The van der Waals surface area contributed by atoms with Gasteiger partial charge in [-0.3, -0.25) is 0 Å². The summed E-state index contributed by atoms with van der Waals surface area (Å²) >= 11 is 0. The molecule has 0 spiro atoms. The molecule has 0 radical (unpaired) electrons. The lowest BCUT2D eigenvalue weighted by molar-refractivity contribution is -0.0524. The second-order valence-electron chi connectivity index (χ2n) is 4.31. The predicted octanol–water partition coefficient (Wildman–Crippen LogP) is 2.54.